The number of carbonyl (C=O) groups excluding carboxylic acids is 1. The van der Waals surface area contributed by atoms with Crippen molar-refractivity contribution in [1.82, 2.24) is 10.6 Å². The number of rotatable bonds is 14. The molecule has 1 aromatic rings. The zero-order valence-electron chi connectivity index (χ0n) is 14.3. The van der Waals surface area contributed by atoms with Gasteiger partial charge in [0.25, 0.3) is 0 Å². The van der Waals surface area contributed by atoms with Crippen LogP contribution in [0.25, 0.3) is 0 Å². The van der Waals surface area contributed by atoms with E-state index in [-0.39, 0.29) is 11.7 Å². The average Bonchev–Trinajstić information content (AvgIpc) is 2.58. The van der Waals surface area contributed by atoms with Crippen molar-refractivity contribution in [2.24, 2.45) is 0 Å². The van der Waals surface area contributed by atoms with E-state index in [1.54, 1.807) is 18.2 Å². The fourth-order valence-corrected chi connectivity index (χ4v) is 4.03. The Hall–Kier alpha value is -1.69. The molecule has 0 aliphatic carbocycles. The quantitative estimate of drug-likeness (QED) is 0.226. The number of hydrogen-bond donors (Lipinski definition) is 4. The summed E-state index contributed by atoms with van der Waals surface area (Å²) in [5.41, 5.74) is 1.12. The molecule has 1 aromatic carbocycles. The van der Waals surface area contributed by atoms with Crippen molar-refractivity contribution in [2.45, 2.75) is 32.2 Å². The van der Waals surface area contributed by atoms with Crippen LogP contribution in [0.2, 0.25) is 0 Å². The maximum Gasteiger partial charge on any atom is 0.335 e. The first-order valence-corrected chi connectivity index (χ1v) is 10.5. The fourth-order valence-electron chi connectivity index (χ4n) is 2.43. The molecule has 0 fully saturated rings. The number of nitrogens with one attached hydrogen (secondary N) is 2. The molecule has 0 heterocycles. The first-order chi connectivity index (χ1) is 11.9. The molecule has 4 N–H and O–H groups in total. The van der Waals surface area contributed by atoms with E-state index in [4.69, 9.17) is 5.11 Å². The molecule has 0 saturated heterocycles. The normalized spacial score (nSPS) is 13.2. The summed E-state index contributed by atoms with van der Waals surface area (Å²) >= 11 is 0. The Morgan fingerprint density at radius 2 is 1.88 bits per heavy atom. The molecular formula is C17H27N2O5P. The van der Waals surface area contributed by atoms with Crippen LogP contribution in [0, 0.1) is 0 Å². The van der Waals surface area contributed by atoms with Gasteiger partial charge in [-0.25, -0.2) is 4.79 Å². The molecule has 0 aliphatic rings. The molecule has 25 heavy (non-hydrogen) atoms. The third-order valence-electron chi connectivity index (χ3n) is 3.78. The zero-order chi connectivity index (χ0) is 18.5. The maximum absolute atomic E-state index is 12.0. The standard InChI is InChI=1S/C17H27N2O5P/c20-14-19-8-2-1-3-10-25(23,24)11-5-9-18-13-15-6-4-7-16(12-15)17(21)22/h4,6-7,12,14,18H,1-3,5,8-11,13H2,(H,19,20)(H,21,22)(H,23,24). The zero-order valence-corrected chi connectivity index (χ0v) is 15.2. The van der Waals surface area contributed by atoms with Gasteiger partial charge in [0.15, 0.2) is 0 Å². The van der Waals surface area contributed by atoms with Crippen LogP contribution in [0.15, 0.2) is 24.3 Å². The largest absolute Gasteiger partial charge is 0.478 e. The molecule has 1 amide bonds. The lowest BCUT2D eigenvalue weighted by Gasteiger charge is -2.12. The van der Waals surface area contributed by atoms with Crippen LogP contribution < -0.4 is 10.6 Å². The number of carboxylic acid groups (broad SMARTS) is 1. The fraction of sp³-hybridized carbons (Fsp3) is 0.529. The lowest BCUT2D eigenvalue weighted by atomic mass is 10.1. The summed E-state index contributed by atoms with van der Waals surface area (Å²) in [6.07, 6.45) is 4.17. The Kier molecular flexibility index (Phi) is 10.1. The van der Waals surface area contributed by atoms with Gasteiger partial charge in [-0.1, -0.05) is 18.6 Å². The van der Waals surface area contributed by atoms with Gasteiger partial charge in [0.2, 0.25) is 13.8 Å². The van der Waals surface area contributed by atoms with Crippen LogP contribution in [-0.2, 0) is 15.9 Å². The van der Waals surface area contributed by atoms with Gasteiger partial charge in [0, 0.05) is 25.4 Å². The first kappa shape index (κ1) is 21.4. The van der Waals surface area contributed by atoms with Gasteiger partial charge >= 0.3 is 5.97 Å². The summed E-state index contributed by atoms with van der Waals surface area (Å²) in [5.74, 6) is -0.954. The molecular weight excluding hydrogens is 343 g/mol. The van der Waals surface area contributed by atoms with E-state index < -0.39 is 13.3 Å². The van der Waals surface area contributed by atoms with Crippen molar-refractivity contribution in [1.29, 1.82) is 0 Å². The SMILES string of the molecule is O=CNCCCCCP(=O)(O)CCCNCc1cccc(C(=O)O)c1. The average molecular weight is 370 g/mol. The van der Waals surface area contributed by atoms with Gasteiger partial charge < -0.3 is 20.6 Å². The van der Waals surface area contributed by atoms with E-state index in [1.165, 1.54) is 0 Å². The van der Waals surface area contributed by atoms with Gasteiger partial charge in [0.05, 0.1) is 5.56 Å². The van der Waals surface area contributed by atoms with Crippen LogP contribution >= 0.6 is 7.37 Å². The highest BCUT2D eigenvalue weighted by atomic mass is 31.2. The molecule has 0 spiro atoms. The topological polar surface area (TPSA) is 116 Å². The maximum atomic E-state index is 12.0. The molecule has 1 unspecified atom stereocenters. The Labute approximate surface area is 148 Å². The highest BCUT2D eigenvalue weighted by Crippen LogP contribution is 2.41. The highest BCUT2D eigenvalue weighted by Gasteiger charge is 2.16. The molecule has 0 bridgehead atoms. The van der Waals surface area contributed by atoms with Gasteiger partial charge in [-0.3, -0.25) is 9.36 Å². The van der Waals surface area contributed by atoms with E-state index in [0.717, 1.165) is 18.4 Å². The first-order valence-electron chi connectivity index (χ1n) is 8.45. The van der Waals surface area contributed by atoms with Crippen molar-refractivity contribution in [3.8, 4) is 0 Å². The molecule has 0 radical (unpaired) electrons. The second-order valence-electron chi connectivity index (χ2n) is 5.96. The van der Waals surface area contributed by atoms with E-state index in [0.29, 0.717) is 45.0 Å². The number of aromatic carboxylic acids is 1. The summed E-state index contributed by atoms with van der Waals surface area (Å²) in [7, 11) is -3.09. The monoisotopic (exact) mass is 370 g/mol. The molecule has 0 aliphatic heterocycles. The smallest absolute Gasteiger partial charge is 0.335 e. The Balaban J connectivity index is 2.15. The van der Waals surface area contributed by atoms with Crippen LogP contribution in [0.5, 0.6) is 0 Å². The molecule has 0 saturated carbocycles. The van der Waals surface area contributed by atoms with Crippen molar-refractivity contribution >= 4 is 19.7 Å². The summed E-state index contributed by atoms with van der Waals surface area (Å²) < 4.78 is 12.0. The second-order valence-corrected chi connectivity index (χ2v) is 8.55. The molecule has 8 heteroatoms. The minimum atomic E-state index is -3.09. The summed E-state index contributed by atoms with van der Waals surface area (Å²) in [6.45, 7) is 1.73. The molecule has 7 nitrogen and oxygen atoms in total. The van der Waals surface area contributed by atoms with E-state index in [9.17, 15) is 19.0 Å². The van der Waals surface area contributed by atoms with Gasteiger partial charge in [-0.2, -0.15) is 0 Å². The highest BCUT2D eigenvalue weighted by molar-refractivity contribution is 7.57. The predicted octanol–water partition coefficient (Wildman–Crippen LogP) is 2.05. The van der Waals surface area contributed by atoms with Crippen LogP contribution in [0.4, 0.5) is 0 Å². The second kappa shape index (κ2) is 11.8. The number of carbonyl (C=O) groups is 2. The third-order valence-corrected chi connectivity index (χ3v) is 5.81. The number of amides is 1. The molecule has 1 rings (SSSR count). The van der Waals surface area contributed by atoms with E-state index >= 15 is 0 Å². The van der Waals surface area contributed by atoms with Crippen LogP contribution in [0.1, 0.15) is 41.6 Å². The summed E-state index contributed by atoms with van der Waals surface area (Å²) in [4.78, 5) is 30.9. The third kappa shape index (κ3) is 10.0. The van der Waals surface area contributed by atoms with Gasteiger partial charge in [0.1, 0.15) is 0 Å². The molecule has 1 atom stereocenters. The van der Waals surface area contributed by atoms with Crippen molar-refractivity contribution in [3.05, 3.63) is 35.4 Å². The minimum absolute atomic E-state index is 0.252. The van der Waals surface area contributed by atoms with Crippen molar-refractivity contribution < 1.29 is 24.2 Å². The van der Waals surface area contributed by atoms with E-state index in [1.807, 2.05) is 6.07 Å². The summed E-state index contributed by atoms with van der Waals surface area (Å²) in [6, 6.07) is 6.71. The number of hydrogen-bond acceptors (Lipinski definition) is 4. The lowest BCUT2D eigenvalue weighted by Crippen LogP contribution is -2.16. The Morgan fingerprint density at radius 3 is 2.60 bits per heavy atom. The molecule has 140 valence electrons. The van der Waals surface area contributed by atoms with Gasteiger partial charge in [-0.05, 0) is 43.5 Å². The molecule has 0 aromatic heterocycles. The predicted molar refractivity (Wildman–Crippen MR) is 97.2 cm³/mol. The van der Waals surface area contributed by atoms with Crippen molar-refractivity contribution in [2.75, 3.05) is 25.4 Å². The number of carboxylic acids is 1. The van der Waals surface area contributed by atoms with Crippen molar-refractivity contribution in [3.63, 3.8) is 0 Å². The Bertz CT molecular complexity index is 594. The lowest BCUT2D eigenvalue weighted by molar-refractivity contribution is -0.109. The minimum Gasteiger partial charge on any atom is -0.478 e. The van der Waals surface area contributed by atoms with Crippen LogP contribution in [-0.4, -0.2) is 47.8 Å². The number of benzene rings is 1. The van der Waals surface area contributed by atoms with Gasteiger partial charge in [-0.15, -0.1) is 0 Å². The van der Waals surface area contributed by atoms with Crippen LogP contribution in [0.3, 0.4) is 0 Å². The number of unbranched alkanes of at least 4 members (excludes halogenated alkanes) is 2. The Morgan fingerprint density at radius 1 is 1.12 bits per heavy atom. The summed E-state index contributed by atoms with van der Waals surface area (Å²) in [5, 5.41) is 14.7. The van der Waals surface area contributed by atoms with E-state index in [2.05, 4.69) is 10.6 Å².